The van der Waals surface area contributed by atoms with E-state index in [1.165, 1.54) is 64.2 Å². The Morgan fingerprint density at radius 1 is 0.600 bits per heavy atom. The Labute approximate surface area is 124 Å². The van der Waals surface area contributed by atoms with E-state index < -0.39 is 7.60 Å². The molecule has 0 aliphatic rings. The molecule has 0 unspecified atom stereocenters. The van der Waals surface area contributed by atoms with Gasteiger partial charge in [-0.1, -0.05) is 70.6 Å². The molecule has 0 spiro atoms. The van der Waals surface area contributed by atoms with Crippen LogP contribution in [-0.2, 0) is 4.57 Å². The van der Waals surface area contributed by atoms with Crippen LogP contribution in [0.1, 0.15) is 83.5 Å². The van der Waals surface area contributed by atoms with Gasteiger partial charge in [0.25, 0.3) is 0 Å². The van der Waals surface area contributed by atoms with Crippen LogP contribution < -0.4 is 5.73 Å². The monoisotopic (exact) mass is 307 g/mol. The zero-order valence-electron chi connectivity index (χ0n) is 12.9. The summed E-state index contributed by atoms with van der Waals surface area (Å²) in [6.07, 6.45) is 15.7. The lowest BCUT2D eigenvalue weighted by Crippen LogP contribution is -1.97. The van der Waals surface area contributed by atoms with Gasteiger partial charge in [-0.3, -0.25) is 4.57 Å². The molecular formula is C15H34NO3P. The zero-order chi connectivity index (χ0) is 15.1. The first kappa shape index (κ1) is 20.1. The van der Waals surface area contributed by atoms with Crippen molar-refractivity contribution in [1.29, 1.82) is 0 Å². The lowest BCUT2D eigenvalue weighted by molar-refractivity contribution is 0.370. The molecule has 0 amide bonds. The van der Waals surface area contributed by atoms with Crippen molar-refractivity contribution in [2.75, 3.05) is 12.7 Å². The van der Waals surface area contributed by atoms with Gasteiger partial charge in [-0.05, 0) is 19.4 Å². The Hall–Kier alpha value is 0.110. The summed E-state index contributed by atoms with van der Waals surface area (Å²) in [7, 11) is -3.76. The Bertz CT molecular complexity index is 243. The van der Waals surface area contributed by atoms with E-state index in [1.54, 1.807) is 0 Å². The lowest BCUT2D eigenvalue weighted by atomic mass is 10.0. The van der Waals surface area contributed by atoms with Gasteiger partial charge in [0.15, 0.2) is 0 Å². The quantitative estimate of drug-likeness (QED) is 0.313. The van der Waals surface area contributed by atoms with Crippen molar-refractivity contribution in [2.24, 2.45) is 5.73 Å². The molecule has 0 saturated carbocycles. The van der Waals surface area contributed by atoms with Crippen LogP contribution in [0.15, 0.2) is 0 Å². The van der Waals surface area contributed by atoms with Gasteiger partial charge in [-0.25, -0.2) is 0 Å². The van der Waals surface area contributed by atoms with Crippen molar-refractivity contribution in [1.82, 2.24) is 0 Å². The maximum Gasteiger partial charge on any atom is 0.325 e. The van der Waals surface area contributed by atoms with Crippen molar-refractivity contribution in [3.63, 3.8) is 0 Å². The number of hydrogen-bond acceptors (Lipinski definition) is 2. The van der Waals surface area contributed by atoms with E-state index in [-0.39, 0.29) is 6.16 Å². The van der Waals surface area contributed by atoms with E-state index in [4.69, 9.17) is 15.5 Å². The van der Waals surface area contributed by atoms with Gasteiger partial charge in [0.05, 0.1) is 0 Å². The smallest absolute Gasteiger partial charge is 0.325 e. The van der Waals surface area contributed by atoms with Crippen molar-refractivity contribution in [2.45, 2.75) is 83.5 Å². The lowest BCUT2D eigenvalue weighted by Gasteiger charge is -2.04. The first-order valence-corrected chi connectivity index (χ1v) is 10.1. The van der Waals surface area contributed by atoms with E-state index in [9.17, 15) is 4.57 Å². The van der Waals surface area contributed by atoms with Crippen LogP contribution in [0.3, 0.4) is 0 Å². The summed E-state index contributed by atoms with van der Waals surface area (Å²) in [5.41, 5.74) is 5.45. The Balaban J connectivity index is 3.01. The van der Waals surface area contributed by atoms with Gasteiger partial charge in [-0.2, -0.15) is 0 Å². The summed E-state index contributed by atoms with van der Waals surface area (Å²) >= 11 is 0. The molecule has 0 saturated heterocycles. The van der Waals surface area contributed by atoms with E-state index in [0.29, 0.717) is 6.42 Å². The molecule has 0 aromatic carbocycles. The second kappa shape index (κ2) is 14.1. The third-order valence-corrected chi connectivity index (χ3v) is 4.55. The summed E-state index contributed by atoms with van der Waals surface area (Å²) in [6.45, 7) is 0.828. The van der Waals surface area contributed by atoms with Crippen LogP contribution in [0.5, 0.6) is 0 Å². The van der Waals surface area contributed by atoms with Gasteiger partial charge in [0, 0.05) is 6.16 Å². The molecule has 0 radical (unpaired) electrons. The first-order valence-electron chi connectivity index (χ1n) is 8.31. The van der Waals surface area contributed by atoms with Crippen molar-refractivity contribution in [3.8, 4) is 0 Å². The molecule has 20 heavy (non-hydrogen) atoms. The minimum Gasteiger partial charge on any atom is -0.330 e. The van der Waals surface area contributed by atoms with Gasteiger partial charge >= 0.3 is 7.60 Å². The van der Waals surface area contributed by atoms with E-state index >= 15 is 0 Å². The summed E-state index contributed by atoms with van der Waals surface area (Å²) in [5, 5.41) is 0. The minimum atomic E-state index is -3.76. The highest BCUT2D eigenvalue weighted by Crippen LogP contribution is 2.35. The molecule has 0 aromatic rings. The van der Waals surface area contributed by atoms with Crippen molar-refractivity contribution < 1.29 is 14.4 Å². The largest absolute Gasteiger partial charge is 0.330 e. The molecule has 0 bridgehead atoms. The van der Waals surface area contributed by atoms with Gasteiger partial charge in [0.2, 0.25) is 0 Å². The molecule has 4 nitrogen and oxygen atoms in total. The fraction of sp³-hybridized carbons (Fsp3) is 1.00. The first-order chi connectivity index (χ1) is 9.56. The second-order valence-corrected chi connectivity index (χ2v) is 7.55. The highest BCUT2D eigenvalue weighted by molar-refractivity contribution is 7.51. The van der Waals surface area contributed by atoms with Crippen LogP contribution in [0.2, 0.25) is 0 Å². The number of rotatable bonds is 15. The van der Waals surface area contributed by atoms with E-state index in [1.807, 2.05) is 0 Å². The summed E-state index contributed by atoms with van der Waals surface area (Å²) in [4.78, 5) is 17.4. The molecule has 4 N–H and O–H groups in total. The van der Waals surface area contributed by atoms with E-state index in [2.05, 4.69) is 0 Å². The Kier molecular flexibility index (Phi) is 14.1. The predicted molar refractivity (Wildman–Crippen MR) is 86.0 cm³/mol. The molecule has 5 heteroatoms. The van der Waals surface area contributed by atoms with E-state index in [0.717, 1.165) is 19.4 Å². The highest BCUT2D eigenvalue weighted by atomic mass is 31.2. The van der Waals surface area contributed by atoms with Crippen LogP contribution in [0, 0.1) is 0 Å². The van der Waals surface area contributed by atoms with Crippen molar-refractivity contribution in [3.05, 3.63) is 0 Å². The molecule has 0 aromatic heterocycles. The summed E-state index contributed by atoms with van der Waals surface area (Å²) < 4.78 is 10.6. The predicted octanol–water partition coefficient (Wildman–Crippen LogP) is 4.19. The van der Waals surface area contributed by atoms with Crippen LogP contribution in [0.4, 0.5) is 0 Å². The van der Waals surface area contributed by atoms with Crippen LogP contribution in [0.25, 0.3) is 0 Å². The highest BCUT2D eigenvalue weighted by Gasteiger charge is 2.10. The maximum atomic E-state index is 10.6. The van der Waals surface area contributed by atoms with Gasteiger partial charge in [-0.15, -0.1) is 0 Å². The maximum absolute atomic E-state index is 10.6. The molecular weight excluding hydrogens is 273 g/mol. The number of nitrogens with two attached hydrogens (primary N) is 1. The number of hydrogen-bond donors (Lipinski definition) is 3. The third-order valence-electron chi connectivity index (χ3n) is 3.65. The molecule has 0 aliphatic heterocycles. The molecule has 0 rings (SSSR count). The minimum absolute atomic E-state index is 0.0527. The van der Waals surface area contributed by atoms with Crippen LogP contribution in [-0.4, -0.2) is 22.5 Å². The summed E-state index contributed by atoms with van der Waals surface area (Å²) in [6, 6.07) is 0. The molecule has 122 valence electrons. The third kappa shape index (κ3) is 18.1. The van der Waals surface area contributed by atoms with Gasteiger partial charge < -0.3 is 15.5 Å². The average molecular weight is 307 g/mol. The fourth-order valence-electron chi connectivity index (χ4n) is 2.41. The standard InChI is InChI=1S/C15H34NO3P/c16-14-12-10-8-6-4-2-1-3-5-7-9-11-13-15-20(17,18)19/h1-16H2,(H2,17,18,19). The summed E-state index contributed by atoms with van der Waals surface area (Å²) in [5.74, 6) is 0. The van der Waals surface area contributed by atoms with Crippen LogP contribution >= 0.6 is 7.60 Å². The fourth-order valence-corrected chi connectivity index (χ4v) is 3.04. The Morgan fingerprint density at radius 3 is 1.20 bits per heavy atom. The second-order valence-electron chi connectivity index (χ2n) is 5.77. The van der Waals surface area contributed by atoms with Crippen molar-refractivity contribution >= 4 is 7.60 Å². The molecule has 0 aliphatic carbocycles. The normalized spacial score (nSPS) is 11.9. The molecule has 0 atom stereocenters. The van der Waals surface area contributed by atoms with Gasteiger partial charge in [0.1, 0.15) is 0 Å². The molecule has 0 fully saturated rings. The number of unbranched alkanes of at least 4 members (excludes halogenated alkanes) is 12. The molecule has 0 heterocycles. The Morgan fingerprint density at radius 2 is 0.900 bits per heavy atom. The topological polar surface area (TPSA) is 83.6 Å². The SMILES string of the molecule is NCCCCCCCCCCCCCCCP(=O)(O)O. The average Bonchev–Trinajstić information content (AvgIpc) is 2.38. The zero-order valence-corrected chi connectivity index (χ0v) is 13.8.